The van der Waals surface area contributed by atoms with E-state index in [0.29, 0.717) is 32.7 Å². The van der Waals surface area contributed by atoms with E-state index in [2.05, 4.69) is 0 Å². The third kappa shape index (κ3) is 3.94. The van der Waals surface area contributed by atoms with Gasteiger partial charge in [0.15, 0.2) is 0 Å². The molecule has 0 bridgehead atoms. The van der Waals surface area contributed by atoms with Crippen LogP contribution in [0.1, 0.15) is 12.0 Å². The van der Waals surface area contributed by atoms with Crippen LogP contribution in [-0.2, 0) is 16.0 Å². The third-order valence-electron chi connectivity index (χ3n) is 3.24. The highest BCUT2D eigenvalue weighted by Crippen LogP contribution is 2.12. The number of phenolic OH excluding ortho intramolecular Hbond substituents is 1. The molecule has 5 nitrogen and oxygen atoms in total. The van der Waals surface area contributed by atoms with E-state index in [1.54, 1.807) is 29.2 Å². The van der Waals surface area contributed by atoms with Crippen molar-refractivity contribution in [3.05, 3.63) is 29.8 Å². The summed E-state index contributed by atoms with van der Waals surface area (Å²) in [4.78, 5) is 14.0. The van der Waals surface area contributed by atoms with Crippen LogP contribution >= 0.6 is 0 Å². The fourth-order valence-electron chi connectivity index (χ4n) is 2.17. The van der Waals surface area contributed by atoms with Gasteiger partial charge in [0, 0.05) is 19.7 Å². The van der Waals surface area contributed by atoms with Crippen LogP contribution in [0.2, 0.25) is 0 Å². The number of aromatic hydroxyl groups is 1. The molecule has 1 fully saturated rings. The Morgan fingerprint density at radius 3 is 2.79 bits per heavy atom. The predicted molar refractivity (Wildman–Crippen MR) is 71.8 cm³/mol. The van der Waals surface area contributed by atoms with Crippen LogP contribution in [0.4, 0.5) is 0 Å². The van der Waals surface area contributed by atoms with Crippen molar-refractivity contribution in [2.45, 2.75) is 18.9 Å². The average Bonchev–Trinajstić information content (AvgIpc) is 2.69. The van der Waals surface area contributed by atoms with Crippen molar-refractivity contribution in [3.63, 3.8) is 0 Å². The van der Waals surface area contributed by atoms with E-state index in [1.807, 2.05) is 0 Å². The molecule has 2 rings (SSSR count). The Morgan fingerprint density at radius 2 is 2.05 bits per heavy atom. The highest BCUT2D eigenvalue weighted by atomic mass is 16.5. The quantitative estimate of drug-likeness (QED) is 0.834. The first-order chi connectivity index (χ1) is 9.16. The maximum absolute atomic E-state index is 12.2. The lowest BCUT2D eigenvalue weighted by Crippen LogP contribution is -2.45. The lowest BCUT2D eigenvalue weighted by Gasteiger charge is -2.23. The molecule has 1 atom stereocenters. The molecule has 1 amide bonds. The van der Waals surface area contributed by atoms with Crippen LogP contribution in [0.3, 0.4) is 0 Å². The number of benzene rings is 1. The second-order valence-corrected chi connectivity index (χ2v) is 4.77. The summed E-state index contributed by atoms with van der Waals surface area (Å²) < 4.78 is 5.32. The zero-order valence-electron chi connectivity index (χ0n) is 10.9. The summed E-state index contributed by atoms with van der Waals surface area (Å²) >= 11 is 0. The number of carbonyl (C=O) groups is 1. The topological polar surface area (TPSA) is 75.8 Å². The Labute approximate surface area is 113 Å². The Morgan fingerprint density at radius 1 is 1.32 bits per heavy atom. The highest BCUT2D eigenvalue weighted by molar-refractivity contribution is 5.82. The standard InChI is InChI=1S/C14H20N2O3/c15-13(10-11-2-4-12(17)5-3-11)14(18)16-6-1-8-19-9-7-16/h2-5,13,17H,1,6-10,15H2/t13-/m0/s1. The molecular formula is C14H20N2O3. The van der Waals surface area contributed by atoms with E-state index < -0.39 is 6.04 Å². The summed E-state index contributed by atoms with van der Waals surface area (Å²) in [6.45, 7) is 2.61. The predicted octanol–water partition coefficient (Wildman–Crippen LogP) is 0.511. The second kappa shape index (κ2) is 6.54. The van der Waals surface area contributed by atoms with Gasteiger partial charge in [0.05, 0.1) is 12.6 Å². The van der Waals surface area contributed by atoms with Gasteiger partial charge in [0.25, 0.3) is 0 Å². The Hall–Kier alpha value is -1.59. The van der Waals surface area contributed by atoms with Gasteiger partial charge in [-0.05, 0) is 30.5 Å². The van der Waals surface area contributed by atoms with Gasteiger partial charge in [0.2, 0.25) is 5.91 Å². The van der Waals surface area contributed by atoms with Gasteiger partial charge >= 0.3 is 0 Å². The number of carbonyl (C=O) groups excluding carboxylic acids is 1. The summed E-state index contributed by atoms with van der Waals surface area (Å²) in [6.07, 6.45) is 1.34. The summed E-state index contributed by atoms with van der Waals surface area (Å²) in [5.41, 5.74) is 6.92. The molecule has 0 spiro atoms. The van der Waals surface area contributed by atoms with Crippen LogP contribution in [0.5, 0.6) is 5.75 Å². The van der Waals surface area contributed by atoms with Crippen molar-refractivity contribution in [1.82, 2.24) is 4.90 Å². The maximum Gasteiger partial charge on any atom is 0.239 e. The number of amides is 1. The first-order valence-corrected chi connectivity index (χ1v) is 6.57. The fraction of sp³-hybridized carbons (Fsp3) is 0.500. The van der Waals surface area contributed by atoms with Crippen molar-refractivity contribution < 1.29 is 14.6 Å². The van der Waals surface area contributed by atoms with Crippen molar-refractivity contribution in [3.8, 4) is 5.75 Å². The molecule has 1 aliphatic heterocycles. The van der Waals surface area contributed by atoms with Gasteiger partial charge in [-0.25, -0.2) is 0 Å². The smallest absolute Gasteiger partial charge is 0.239 e. The summed E-state index contributed by atoms with van der Waals surface area (Å²) in [7, 11) is 0. The molecule has 0 aliphatic carbocycles. The van der Waals surface area contributed by atoms with E-state index >= 15 is 0 Å². The number of nitrogens with two attached hydrogens (primary N) is 1. The number of hydrogen-bond acceptors (Lipinski definition) is 4. The van der Waals surface area contributed by atoms with Crippen LogP contribution in [0.25, 0.3) is 0 Å². The average molecular weight is 264 g/mol. The van der Waals surface area contributed by atoms with Crippen molar-refractivity contribution in [2.24, 2.45) is 5.73 Å². The van der Waals surface area contributed by atoms with E-state index in [-0.39, 0.29) is 11.7 Å². The number of ether oxygens (including phenoxy) is 1. The van der Waals surface area contributed by atoms with Crippen molar-refractivity contribution in [1.29, 1.82) is 0 Å². The zero-order valence-corrected chi connectivity index (χ0v) is 10.9. The largest absolute Gasteiger partial charge is 0.508 e. The molecule has 1 saturated heterocycles. The Kier molecular flexibility index (Phi) is 4.76. The molecule has 1 aromatic rings. The van der Waals surface area contributed by atoms with Gasteiger partial charge in [-0.2, -0.15) is 0 Å². The second-order valence-electron chi connectivity index (χ2n) is 4.77. The molecule has 1 aromatic carbocycles. The molecule has 1 heterocycles. The first kappa shape index (κ1) is 13.8. The first-order valence-electron chi connectivity index (χ1n) is 6.57. The Bertz CT molecular complexity index is 411. The van der Waals surface area contributed by atoms with Gasteiger partial charge < -0.3 is 20.5 Å². The lowest BCUT2D eigenvalue weighted by molar-refractivity contribution is -0.132. The molecular weight excluding hydrogens is 244 g/mol. The minimum atomic E-state index is -0.539. The summed E-state index contributed by atoms with van der Waals surface area (Å²) in [5.74, 6) is 0.187. The van der Waals surface area contributed by atoms with Gasteiger partial charge in [-0.1, -0.05) is 12.1 Å². The number of phenols is 1. The fourth-order valence-corrected chi connectivity index (χ4v) is 2.17. The van der Waals surface area contributed by atoms with Crippen molar-refractivity contribution in [2.75, 3.05) is 26.3 Å². The molecule has 0 radical (unpaired) electrons. The minimum absolute atomic E-state index is 0.0291. The van der Waals surface area contributed by atoms with E-state index in [4.69, 9.17) is 10.5 Å². The van der Waals surface area contributed by atoms with E-state index in [1.165, 1.54) is 0 Å². The summed E-state index contributed by atoms with van der Waals surface area (Å²) in [5, 5.41) is 9.21. The van der Waals surface area contributed by atoms with Crippen LogP contribution in [0, 0.1) is 0 Å². The molecule has 0 saturated carbocycles. The number of rotatable bonds is 3. The molecule has 19 heavy (non-hydrogen) atoms. The van der Waals surface area contributed by atoms with Crippen molar-refractivity contribution >= 4 is 5.91 Å². The zero-order chi connectivity index (χ0) is 13.7. The van der Waals surface area contributed by atoms with Gasteiger partial charge in [0.1, 0.15) is 5.75 Å². The lowest BCUT2D eigenvalue weighted by atomic mass is 10.1. The van der Waals surface area contributed by atoms with Crippen LogP contribution < -0.4 is 5.73 Å². The monoisotopic (exact) mass is 264 g/mol. The normalized spacial score (nSPS) is 17.8. The maximum atomic E-state index is 12.2. The minimum Gasteiger partial charge on any atom is -0.508 e. The Balaban J connectivity index is 1.92. The summed E-state index contributed by atoms with van der Waals surface area (Å²) in [6, 6.07) is 6.24. The molecule has 1 aliphatic rings. The molecule has 104 valence electrons. The third-order valence-corrected chi connectivity index (χ3v) is 3.24. The van der Waals surface area contributed by atoms with Crippen LogP contribution in [-0.4, -0.2) is 48.3 Å². The van der Waals surface area contributed by atoms with Gasteiger partial charge in [-0.15, -0.1) is 0 Å². The highest BCUT2D eigenvalue weighted by Gasteiger charge is 2.22. The molecule has 5 heteroatoms. The number of nitrogens with zero attached hydrogens (tertiary/aromatic N) is 1. The SMILES string of the molecule is N[C@@H](Cc1ccc(O)cc1)C(=O)N1CCCOCC1. The molecule has 0 unspecified atom stereocenters. The number of hydrogen-bond donors (Lipinski definition) is 2. The van der Waals surface area contributed by atoms with E-state index in [0.717, 1.165) is 12.0 Å². The van der Waals surface area contributed by atoms with Crippen LogP contribution in [0.15, 0.2) is 24.3 Å². The van der Waals surface area contributed by atoms with E-state index in [9.17, 15) is 9.90 Å². The molecule has 3 N–H and O–H groups in total. The molecule has 0 aromatic heterocycles. The van der Waals surface area contributed by atoms with Gasteiger partial charge in [-0.3, -0.25) is 4.79 Å².